The Morgan fingerprint density at radius 3 is 1.74 bits per heavy atom. The monoisotopic (exact) mass is 725 g/mol. The van der Waals surface area contributed by atoms with Gasteiger partial charge in [-0.3, -0.25) is 18.6 Å². The minimum Gasteiger partial charge on any atom is -0.480 e. The molecule has 0 aromatic carbocycles. The fourth-order valence-electron chi connectivity index (χ4n) is 4.46. The molecule has 0 aromatic heterocycles. The molecule has 0 aliphatic rings. The van der Waals surface area contributed by atoms with Crippen LogP contribution in [0.25, 0.3) is 0 Å². The third-order valence-electron chi connectivity index (χ3n) is 7.32. The number of phosphoric ester groups is 1. The number of allylic oxidation sites excluding steroid dienone is 10. The Balaban J connectivity index is 3.99. The van der Waals surface area contributed by atoms with Gasteiger partial charge in [-0.15, -0.1) is 0 Å². The van der Waals surface area contributed by atoms with E-state index in [1.165, 1.54) is 6.42 Å². The van der Waals surface area contributed by atoms with Gasteiger partial charge in [0.15, 0.2) is 6.04 Å². The number of amides is 1. The zero-order valence-electron chi connectivity index (χ0n) is 30.4. The third kappa shape index (κ3) is 32.4. The van der Waals surface area contributed by atoms with E-state index >= 15 is 0 Å². The molecule has 1 amide bonds. The van der Waals surface area contributed by atoms with Crippen LogP contribution in [0.5, 0.6) is 0 Å². The second kappa shape index (κ2) is 33.3. The van der Waals surface area contributed by atoms with Gasteiger partial charge in [-0.25, -0.2) is 9.36 Å². The molecule has 286 valence electrons. The second-order valence-electron chi connectivity index (χ2n) is 12.0. The molecule has 3 atom stereocenters. The highest BCUT2D eigenvalue weighted by Crippen LogP contribution is 2.43. The average molecular weight is 726 g/mol. The number of aliphatic hydroxyl groups excluding tert-OH is 1. The predicted octanol–water partition coefficient (Wildman–Crippen LogP) is 8.44. The summed E-state index contributed by atoms with van der Waals surface area (Å²) in [5, 5.41) is 21.6. The van der Waals surface area contributed by atoms with Crippen LogP contribution in [0.15, 0.2) is 60.8 Å². The zero-order chi connectivity index (χ0) is 37.1. The molecule has 0 saturated carbocycles. The van der Waals surface area contributed by atoms with Crippen LogP contribution in [0, 0.1) is 0 Å². The highest BCUT2D eigenvalue weighted by Gasteiger charge is 2.28. The summed E-state index contributed by atoms with van der Waals surface area (Å²) < 4.78 is 26.6. The number of aliphatic carboxylic acids is 1. The summed E-state index contributed by atoms with van der Waals surface area (Å²) in [7, 11) is -4.75. The zero-order valence-corrected chi connectivity index (χ0v) is 31.3. The molecule has 0 saturated heterocycles. The summed E-state index contributed by atoms with van der Waals surface area (Å²) in [6, 6.07) is -1.55. The number of aliphatic hydroxyl groups is 1. The number of esters is 1. The van der Waals surface area contributed by atoms with Crippen molar-refractivity contribution in [2.75, 3.05) is 19.8 Å². The number of hydrogen-bond acceptors (Lipinski definition) is 8. The Kier molecular flexibility index (Phi) is 31.5. The number of carbonyl (C=O) groups excluding carboxylic acids is 2. The van der Waals surface area contributed by atoms with E-state index in [1.54, 1.807) is 0 Å². The van der Waals surface area contributed by atoms with Crippen molar-refractivity contribution >= 4 is 25.7 Å². The standard InChI is InChI=1S/C38H64NO10P/c1-3-5-7-9-11-12-13-14-15-16-17-18-19-20-21-22-24-26-28-30-37(42)47-31-34(40)32-48-50(45,46)49-33-35(38(43)44)39-36(41)29-27-25-23-10-8-6-4-2/h5,7,11-12,14-15,17-18,20-21,34-35,40H,3-4,6,8-10,13,16,19,22-33H2,1-2H3,(H,39,41)(H,43,44)(H,45,46)/b7-5-,12-11-,15-14-,18-17-,21-20-. The molecule has 0 spiro atoms. The minimum atomic E-state index is -4.75. The van der Waals surface area contributed by atoms with Gasteiger partial charge >= 0.3 is 19.8 Å². The lowest BCUT2D eigenvalue weighted by molar-refractivity contribution is -0.147. The van der Waals surface area contributed by atoms with Crippen molar-refractivity contribution in [3.63, 3.8) is 0 Å². The Hall–Kier alpha value is -2.82. The van der Waals surface area contributed by atoms with E-state index in [0.29, 0.717) is 12.8 Å². The summed E-state index contributed by atoms with van der Waals surface area (Å²) in [6.45, 7) is 2.34. The van der Waals surface area contributed by atoms with Gasteiger partial charge in [0.2, 0.25) is 5.91 Å². The molecular formula is C38H64NO10P. The van der Waals surface area contributed by atoms with Crippen LogP contribution in [-0.2, 0) is 32.7 Å². The fourth-order valence-corrected chi connectivity index (χ4v) is 5.23. The highest BCUT2D eigenvalue weighted by molar-refractivity contribution is 7.47. The first-order valence-electron chi connectivity index (χ1n) is 18.3. The van der Waals surface area contributed by atoms with Gasteiger partial charge in [-0.05, 0) is 57.8 Å². The molecule has 0 bridgehead atoms. The molecule has 12 heteroatoms. The van der Waals surface area contributed by atoms with E-state index in [2.05, 4.69) is 79.9 Å². The van der Waals surface area contributed by atoms with Gasteiger partial charge in [0.1, 0.15) is 12.7 Å². The van der Waals surface area contributed by atoms with Gasteiger partial charge in [-0.2, -0.15) is 0 Å². The molecule has 0 heterocycles. The lowest BCUT2D eigenvalue weighted by Gasteiger charge is -2.18. The predicted molar refractivity (Wildman–Crippen MR) is 198 cm³/mol. The number of hydrogen-bond donors (Lipinski definition) is 4. The van der Waals surface area contributed by atoms with Crippen LogP contribution in [0.3, 0.4) is 0 Å². The van der Waals surface area contributed by atoms with Gasteiger partial charge in [0.25, 0.3) is 0 Å². The van der Waals surface area contributed by atoms with Crippen molar-refractivity contribution in [3.05, 3.63) is 60.8 Å². The largest absolute Gasteiger partial charge is 0.480 e. The topological polar surface area (TPSA) is 169 Å². The minimum absolute atomic E-state index is 0.140. The number of nitrogens with one attached hydrogen (secondary N) is 1. The molecule has 3 unspecified atom stereocenters. The van der Waals surface area contributed by atoms with Crippen molar-refractivity contribution in [1.29, 1.82) is 0 Å². The Bertz CT molecular complexity index is 1090. The summed E-state index contributed by atoms with van der Waals surface area (Å²) in [5.74, 6) is -2.43. The van der Waals surface area contributed by atoms with Crippen molar-refractivity contribution in [2.45, 2.75) is 142 Å². The Morgan fingerprint density at radius 1 is 0.660 bits per heavy atom. The first kappa shape index (κ1) is 47.2. The van der Waals surface area contributed by atoms with Crippen molar-refractivity contribution in [1.82, 2.24) is 5.32 Å². The maximum absolute atomic E-state index is 12.2. The molecule has 0 fully saturated rings. The van der Waals surface area contributed by atoms with Crippen molar-refractivity contribution < 1.29 is 47.8 Å². The Morgan fingerprint density at radius 2 is 1.16 bits per heavy atom. The summed E-state index contributed by atoms with van der Waals surface area (Å²) >= 11 is 0. The molecule has 0 rings (SSSR count). The number of carboxylic acids is 1. The van der Waals surface area contributed by atoms with Crippen LogP contribution in [0.2, 0.25) is 0 Å². The number of unbranched alkanes of at least 4 members (excludes halogenated alkanes) is 9. The molecule has 0 aliphatic carbocycles. The van der Waals surface area contributed by atoms with E-state index in [-0.39, 0.29) is 12.8 Å². The normalized spacial score (nSPS) is 14.6. The first-order chi connectivity index (χ1) is 24.1. The quantitative estimate of drug-likeness (QED) is 0.0223. The second-order valence-corrected chi connectivity index (χ2v) is 13.5. The average Bonchev–Trinajstić information content (AvgIpc) is 3.08. The fraction of sp³-hybridized carbons (Fsp3) is 0.658. The highest BCUT2D eigenvalue weighted by atomic mass is 31.2. The maximum atomic E-state index is 12.2. The van der Waals surface area contributed by atoms with Crippen LogP contribution in [0.1, 0.15) is 129 Å². The Labute approximate surface area is 300 Å². The van der Waals surface area contributed by atoms with E-state index in [1.807, 2.05) is 0 Å². The van der Waals surface area contributed by atoms with Crippen LogP contribution in [0.4, 0.5) is 0 Å². The summed E-state index contributed by atoms with van der Waals surface area (Å²) in [6.07, 6.45) is 35.7. The van der Waals surface area contributed by atoms with Gasteiger partial charge in [0, 0.05) is 12.8 Å². The summed E-state index contributed by atoms with van der Waals surface area (Å²) in [5.41, 5.74) is 0. The number of rotatable bonds is 33. The maximum Gasteiger partial charge on any atom is 0.472 e. The number of phosphoric acid groups is 1. The van der Waals surface area contributed by atoms with E-state index < -0.39 is 57.6 Å². The van der Waals surface area contributed by atoms with E-state index in [9.17, 15) is 34.1 Å². The molecule has 0 aliphatic heterocycles. The summed E-state index contributed by atoms with van der Waals surface area (Å²) in [4.78, 5) is 45.4. The molecule has 11 nitrogen and oxygen atoms in total. The van der Waals surface area contributed by atoms with Crippen LogP contribution >= 0.6 is 7.82 Å². The molecule has 50 heavy (non-hydrogen) atoms. The number of ether oxygens (including phenoxy) is 1. The smallest absolute Gasteiger partial charge is 0.472 e. The van der Waals surface area contributed by atoms with Gasteiger partial charge in [0.05, 0.1) is 13.2 Å². The van der Waals surface area contributed by atoms with Gasteiger partial charge in [-0.1, -0.05) is 120 Å². The number of carboxylic acid groups (broad SMARTS) is 1. The van der Waals surface area contributed by atoms with E-state index in [0.717, 1.165) is 83.5 Å². The van der Waals surface area contributed by atoms with Gasteiger partial charge < -0.3 is 25.2 Å². The first-order valence-corrected chi connectivity index (χ1v) is 19.8. The van der Waals surface area contributed by atoms with Crippen LogP contribution < -0.4 is 5.32 Å². The molecule has 4 N–H and O–H groups in total. The third-order valence-corrected chi connectivity index (χ3v) is 8.27. The molecule has 0 aromatic rings. The van der Waals surface area contributed by atoms with E-state index in [4.69, 9.17) is 13.8 Å². The lowest BCUT2D eigenvalue weighted by Crippen LogP contribution is -2.43. The molecular weight excluding hydrogens is 661 g/mol. The SMILES string of the molecule is CC/C=C\C/C=C\C/C=C\C/C=C\C/C=C\CCCCCC(=O)OCC(O)COP(=O)(O)OCC(NC(=O)CCCCCCCCC)C(=O)O. The molecule has 0 radical (unpaired) electrons. The van der Waals surface area contributed by atoms with Crippen molar-refractivity contribution in [2.24, 2.45) is 0 Å². The van der Waals surface area contributed by atoms with Crippen molar-refractivity contribution in [3.8, 4) is 0 Å². The number of carbonyl (C=O) groups is 3. The van der Waals surface area contributed by atoms with Crippen LogP contribution in [-0.4, -0.2) is 64.9 Å². The lowest BCUT2D eigenvalue weighted by atomic mass is 10.1.